The molecule has 10 heteroatoms. The summed E-state index contributed by atoms with van der Waals surface area (Å²) in [7, 11) is 3.48. The van der Waals surface area contributed by atoms with E-state index < -0.39 is 6.10 Å². The molecule has 6 N–H and O–H groups in total. The smallest absolute Gasteiger partial charge is 0.302 e. The fraction of sp³-hybridized carbons (Fsp3) is 0.405. The first kappa shape index (κ1) is 34.0. The minimum Gasteiger partial charge on any atom is -0.508 e. The maximum absolute atomic E-state index is 12.3. The number of aromatic hydroxyl groups is 2. The molecule has 3 aliphatic heterocycles. The number of carbonyl (C=O) groups excluding carboxylic acids is 1. The topological polar surface area (TPSA) is 145 Å². The van der Waals surface area contributed by atoms with Crippen LogP contribution in [0.3, 0.4) is 0 Å². The Labute approximate surface area is 304 Å². The minimum atomic E-state index is -0.564. The van der Waals surface area contributed by atoms with Crippen LogP contribution in [0, 0.1) is 17.8 Å². The molecule has 3 aromatic carbocycles. The molecule has 4 bridgehead atoms. The fourth-order valence-corrected chi connectivity index (χ4v) is 9.16. The number of phenolic OH excluding ortho intramolecular Hbond substituents is 2. The third-order valence-corrected chi connectivity index (χ3v) is 11.4. The molecule has 2 aliphatic carbocycles. The van der Waals surface area contributed by atoms with Gasteiger partial charge in [-0.25, -0.2) is 0 Å². The number of methoxy groups -OCH3 is 1. The van der Waals surface area contributed by atoms with Gasteiger partial charge in [0.1, 0.15) is 36.6 Å². The number of fused-ring (bicyclic) bond motifs is 6. The first-order chi connectivity index (χ1) is 25.2. The quantitative estimate of drug-likeness (QED) is 0.123. The molecule has 5 aliphatic rings. The number of allylic oxidation sites excluding steroid dienone is 3. The molecular formula is C42H45N3O7. The summed E-state index contributed by atoms with van der Waals surface area (Å²) in [6, 6.07) is 11.4. The van der Waals surface area contributed by atoms with Gasteiger partial charge in [-0.3, -0.25) is 4.79 Å². The lowest BCUT2D eigenvalue weighted by molar-refractivity contribution is -0.141. The van der Waals surface area contributed by atoms with Crippen molar-refractivity contribution in [1.82, 2.24) is 10.6 Å². The third-order valence-electron chi connectivity index (χ3n) is 11.4. The molecule has 8 rings (SSSR count). The number of phenols is 2. The standard InChI is InChI=1S/C42H45N3O7/c1-23(46)51-22-32-29-8-9-30-38-27(16-28(47)18-36(38)49-3)21-42-12-11-24(20-42)15-26-7-10-37(43)45-33(26)6-4-5-25-17-34(48)35(50-14-13-44-2)19-31(25)40(32)52-41(29)39(30)42/h7-10,16-19,24,32,37,40,44-45,47-48H,5,11-15,20-22,43H2,1-3H3. The van der Waals surface area contributed by atoms with Gasteiger partial charge in [-0.2, -0.15) is 0 Å². The third kappa shape index (κ3) is 5.92. The van der Waals surface area contributed by atoms with Gasteiger partial charge in [0.25, 0.3) is 0 Å². The zero-order chi connectivity index (χ0) is 36.1. The van der Waals surface area contributed by atoms with Gasteiger partial charge in [-0.15, -0.1) is 0 Å². The zero-order valence-corrected chi connectivity index (χ0v) is 29.8. The molecule has 270 valence electrons. The number of nitrogens with one attached hydrogen (secondary N) is 2. The summed E-state index contributed by atoms with van der Waals surface area (Å²) in [5, 5.41) is 28.5. The van der Waals surface area contributed by atoms with E-state index in [1.807, 2.05) is 25.3 Å². The molecular weight excluding hydrogens is 658 g/mol. The second-order valence-electron chi connectivity index (χ2n) is 14.7. The van der Waals surface area contributed by atoms with Crippen LogP contribution in [0.2, 0.25) is 0 Å². The Balaban J connectivity index is 1.37. The molecule has 3 aromatic rings. The van der Waals surface area contributed by atoms with Crippen molar-refractivity contribution in [3.63, 3.8) is 0 Å². The van der Waals surface area contributed by atoms with Crippen molar-refractivity contribution in [3.05, 3.63) is 87.6 Å². The summed E-state index contributed by atoms with van der Waals surface area (Å²) in [4.78, 5) is 12.3. The summed E-state index contributed by atoms with van der Waals surface area (Å²) < 4.78 is 24.9. The Morgan fingerprint density at radius 1 is 1.15 bits per heavy atom. The van der Waals surface area contributed by atoms with Crippen LogP contribution in [0.1, 0.15) is 72.4 Å². The van der Waals surface area contributed by atoms with Crippen LogP contribution in [-0.2, 0) is 27.8 Å². The Kier molecular flexibility index (Phi) is 8.80. The Hall–Kier alpha value is -5.11. The molecule has 0 aromatic heterocycles. The molecule has 1 saturated carbocycles. The number of ether oxygens (including phenoxy) is 4. The van der Waals surface area contributed by atoms with Gasteiger partial charge >= 0.3 is 5.97 Å². The lowest BCUT2D eigenvalue weighted by Gasteiger charge is -2.39. The van der Waals surface area contributed by atoms with E-state index in [-0.39, 0.29) is 41.6 Å². The van der Waals surface area contributed by atoms with E-state index in [0.29, 0.717) is 43.4 Å². The highest BCUT2D eigenvalue weighted by Crippen LogP contribution is 2.62. The zero-order valence-electron chi connectivity index (χ0n) is 29.8. The maximum atomic E-state index is 12.3. The number of hydrogen-bond donors (Lipinski definition) is 5. The van der Waals surface area contributed by atoms with Gasteiger partial charge < -0.3 is 45.5 Å². The summed E-state index contributed by atoms with van der Waals surface area (Å²) in [5.41, 5.74) is 14.7. The number of nitrogens with two attached hydrogens (primary N) is 1. The van der Waals surface area contributed by atoms with Crippen LogP contribution in [-0.4, -0.2) is 56.3 Å². The van der Waals surface area contributed by atoms with Crippen molar-refractivity contribution in [3.8, 4) is 51.7 Å². The second-order valence-corrected chi connectivity index (χ2v) is 14.7. The minimum absolute atomic E-state index is 0.0165. The van der Waals surface area contributed by atoms with Crippen molar-refractivity contribution in [2.45, 2.75) is 69.1 Å². The number of carbonyl (C=O) groups is 1. The van der Waals surface area contributed by atoms with E-state index in [1.165, 1.54) is 6.92 Å². The fourth-order valence-electron chi connectivity index (χ4n) is 9.16. The van der Waals surface area contributed by atoms with Crippen LogP contribution < -0.4 is 30.6 Å². The summed E-state index contributed by atoms with van der Waals surface area (Å²) >= 11 is 0. The summed E-state index contributed by atoms with van der Waals surface area (Å²) in [6.07, 6.45) is 7.92. The Morgan fingerprint density at radius 2 is 2.02 bits per heavy atom. The molecule has 1 fully saturated rings. The molecule has 0 amide bonds. The average molecular weight is 704 g/mol. The van der Waals surface area contributed by atoms with Crippen LogP contribution in [0.5, 0.6) is 28.7 Å². The van der Waals surface area contributed by atoms with Crippen molar-refractivity contribution in [2.24, 2.45) is 11.7 Å². The maximum Gasteiger partial charge on any atom is 0.302 e. The highest BCUT2D eigenvalue weighted by atomic mass is 16.5. The molecule has 5 atom stereocenters. The lowest BCUT2D eigenvalue weighted by atomic mass is 9.65. The van der Waals surface area contributed by atoms with E-state index >= 15 is 0 Å². The summed E-state index contributed by atoms with van der Waals surface area (Å²) in [5.74, 6) is 8.37. The summed E-state index contributed by atoms with van der Waals surface area (Å²) in [6.45, 7) is 2.49. The molecule has 5 unspecified atom stereocenters. The van der Waals surface area contributed by atoms with E-state index in [4.69, 9.17) is 24.7 Å². The van der Waals surface area contributed by atoms with Crippen molar-refractivity contribution >= 4 is 5.97 Å². The number of likely N-dealkylation sites (N-methyl/N-ethyl adjacent to an activating group) is 1. The Morgan fingerprint density at radius 3 is 2.83 bits per heavy atom. The largest absolute Gasteiger partial charge is 0.508 e. The van der Waals surface area contributed by atoms with E-state index in [0.717, 1.165) is 81.6 Å². The molecule has 3 heterocycles. The average Bonchev–Trinajstić information content (AvgIpc) is 3.69. The number of esters is 1. The molecule has 10 nitrogen and oxygen atoms in total. The Bertz CT molecular complexity index is 2080. The van der Waals surface area contributed by atoms with Crippen LogP contribution in [0.15, 0.2) is 59.8 Å². The van der Waals surface area contributed by atoms with Crippen LogP contribution in [0.25, 0.3) is 11.1 Å². The first-order valence-electron chi connectivity index (χ1n) is 18.1. The van der Waals surface area contributed by atoms with Gasteiger partial charge in [-0.05, 0) is 97.5 Å². The predicted octanol–water partition coefficient (Wildman–Crippen LogP) is 5.39. The van der Waals surface area contributed by atoms with E-state index in [1.54, 1.807) is 19.2 Å². The second kappa shape index (κ2) is 13.5. The lowest BCUT2D eigenvalue weighted by Crippen LogP contribution is -2.37. The number of hydrogen-bond acceptors (Lipinski definition) is 10. The normalized spacial score (nSPS) is 24.8. The van der Waals surface area contributed by atoms with Crippen LogP contribution >= 0.6 is 0 Å². The van der Waals surface area contributed by atoms with Crippen LogP contribution in [0.4, 0.5) is 0 Å². The predicted molar refractivity (Wildman–Crippen MR) is 196 cm³/mol. The van der Waals surface area contributed by atoms with Gasteiger partial charge in [0.15, 0.2) is 11.5 Å². The van der Waals surface area contributed by atoms with Gasteiger partial charge in [0.2, 0.25) is 0 Å². The SMILES string of the molecule is CNCCOc1cc2c(cc1O)CC#CC1=C(C=CC(N)N1)CC1CCC3(Cc4cc(O)cc(OC)c4-c4ccc5c(c43)OC2C5COC(C)=O)C1. The molecule has 0 radical (unpaired) electrons. The van der Waals surface area contributed by atoms with Crippen molar-refractivity contribution < 1.29 is 34.0 Å². The van der Waals surface area contributed by atoms with Gasteiger partial charge in [0.05, 0.1) is 24.9 Å². The van der Waals surface area contributed by atoms with E-state index in [9.17, 15) is 15.0 Å². The monoisotopic (exact) mass is 703 g/mol. The van der Waals surface area contributed by atoms with Gasteiger partial charge in [-0.1, -0.05) is 24.1 Å². The van der Waals surface area contributed by atoms with Gasteiger partial charge in [0, 0.05) is 53.6 Å². The highest BCUT2D eigenvalue weighted by molar-refractivity contribution is 5.84. The van der Waals surface area contributed by atoms with Crippen molar-refractivity contribution in [2.75, 3.05) is 33.9 Å². The number of dihydropyridines is 1. The number of benzene rings is 3. The molecule has 1 spiro atoms. The first-order valence-corrected chi connectivity index (χ1v) is 18.1. The molecule has 0 saturated heterocycles. The highest BCUT2D eigenvalue weighted by Gasteiger charge is 2.51. The van der Waals surface area contributed by atoms with Crippen molar-refractivity contribution in [1.29, 1.82) is 0 Å². The molecule has 52 heavy (non-hydrogen) atoms. The number of rotatable bonds is 7. The van der Waals surface area contributed by atoms with E-state index in [2.05, 4.69) is 40.7 Å².